The Hall–Kier alpha value is -1.89. The number of amides is 2. The number of nitrogens with zero attached hydrogens (tertiary/aromatic N) is 3. The van der Waals surface area contributed by atoms with Crippen molar-refractivity contribution in [3.63, 3.8) is 0 Å². The van der Waals surface area contributed by atoms with Gasteiger partial charge in [-0.05, 0) is 12.8 Å². The first-order valence-corrected chi connectivity index (χ1v) is 5.76. The zero-order chi connectivity index (χ0) is 13.3. The minimum Gasteiger partial charge on any atom is -0.377 e. The number of hydrogen-bond acceptors (Lipinski definition) is 4. The van der Waals surface area contributed by atoms with E-state index in [1.54, 1.807) is 11.6 Å². The zero-order valence-electron chi connectivity index (χ0n) is 10.1. The Balaban J connectivity index is 2.16. The number of hydrogen-bond donors (Lipinski definition) is 2. The van der Waals surface area contributed by atoms with Crippen molar-refractivity contribution >= 4 is 11.8 Å². The van der Waals surface area contributed by atoms with E-state index in [9.17, 15) is 14.7 Å². The van der Waals surface area contributed by atoms with Gasteiger partial charge >= 0.3 is 0 Å². The number of imidazole rings is 1. The Bertz CT molecular complexity index is 471. The molecule has 1 saturated heterocycles. The second-order valence-corrected chi connectivity index (χ2v) is 4.42. The predicted octanol–water partition coefficient (Wildman–Crippen LogP) is -1.07. The summed E-state index contributed by atoms with van der Waals surface area (Å²) < 4.78 is 1.57. The van der Waals surface area contributed by atoms with Crippen LogP contribution in [-0.4, -0.2) is 44.0 Å². The third-order valence-corrected chi connectivity index (χ3v) is 3.23. The van der Waals surface area contributed by atoms with E-state index < -0.39 is 24.0 Å². The van der Waals surface area contributed by atoms with Crippen LogP contribution in [0.4, 0.5) is 0 Å². The van der Waals surface area contributed by atoms with Crippen LogP contribution >= 0.6 is 0 Å². The molecule has 0 saturated carbocycles. The van der Waals surface area contributed by atoms with Gasteiger partial charge in [0.05, 0.1) is 18.2 Å². The molecule has 7 heteroatoms. The quantitative estimate of drug-likeness (QED) is 0.715. The predicted molar refractivity (Wildman–Crippen MR) is 62.1 cm³/mol. The number of aromatic nitrogens is 2. The van der Waals surface area contributed by atoms with Crippen LogP contribution in [0.2, 0.25) is 0 Å². The van der Waals surface area contributed by atoms with Gasteiger partial charge < -0.3 is 20.3 Å². The van der Waals surface area contributed by atoms with Gasteiger partial charge in [-0.1, -0.05) is 0 Å². The van der Waals surface area contributed by atoms with Crippen LogP contribution in [0.15, 0.2) is 12.5 Å². The number of aliphatic hydroxyl groups is 1. The number of aryl methyl sites for hydroxylation is 1. The van der Waals surface area contributed by atoms with Gasteiger partial charge in [-0.3, -0.25) is 9.59 Å². The fourth-order valence-corrected chi connectivity index (χ4v) is 2.24. The first-order valence-electron chi connectivity index (χ1n) is 5.76. The maximum Gasteiger partial charge on any atom is 0.258 e. The van der Waals surface area contributed by atoms with E-state index in [2.05, 4.69) is 4.98 Å². The molecule has 0 bridgehead atoms. The molecule has 2 unspecified atom stereocenters. The average molecular weight is 252 g/mol. The molecule has 1 aromatic heterocycles. The second kappa shape index (κ2) is 4.77. The molecule has 3 N–H and O–H groups in total. The molecule has 98 valence electrons. The Morgan fingerprint density at radius 1 is 1.61 bits per heavy atom. The minimum absolute atomic E-state index is 0.398. The SMILES string of the molecule is Cn1cncc1C(O)C(=O)N1CCCC1C(N)=O. The monoisotopic (exact) mass is 252 g/mol. The smallest absolute Gasteiger partial charge is 0.258 e. The number of rotatable bonds is 3. The Kier molecular flexibility index (Phi) is 3.33. The highest BCUT2D eigenvalue weighted by atomic mass is 16.3. The Morgan fingerprint density at radius 3 is 2.89 bits per heavy atom. The summed E-state index contributed by atoms with van der Waals surface area (Å²) in [6.07, 6.45) is 2.90. The van der Waals surface area contributed by atoms with E-state index in [0.717, 1.165) is 6.42 Å². The molecule has 0 spiro atoms. The summed E-state index contributed by atoms with van der Waals surface area (Å²) >= 11 is 0. The van der Waals surface area contributed by atoms with Gasteiger partial charge in [-0.2, -0.15) is 0 Å². The fourth-order valence-electron chi connectivity index (χ4n) is 2.24. The van der Waals surface area contributed by atoms with E-state index in [0.29, 0.717) is 18.7 Å². The van der Waals surface area contributed by atoms with E-state index in [1.807, 2.05) is 0 Å². The van der Waals surface area contributed by atoms with Crippen molar-refractivity contribution in [1.29, 1.82) is 0 Å². The third-order valence-electron chi connectivity index (χ3n) is 3.23. The molecule has 0 aliphatic carbocycles. The summed E-state index contributed by atoms with van der Waals surface area (Å²) in [6.45, 7) is 0.446. The highest BCUT2D eigenvalue weighted by Gasteiger charge is 2.36. The van der Waals surface area contributed by atoms with Crippen LogP contribution in [0.25, 0.3) is 0 Å². The lowest BCUT2D eigenvalue weighted by Gasteiger charge is -2.24. The van der Waals surface area contributed by atoms with Crippen LogP contribution < -0.4 is 5.73 Å². The minimum atomic E-state index is -1.31. The molecule has 0 radical (unpaired) electrons. The van der Waals surface area contributed by atoms with Crippen molar-refractivity contribution in [1.82, 2.24) is 14.5 Å². The van der Waals surface area contributed by atoms with Crippen molar-refractivity contribution in [3.05, 3.63) is 18.2 Å². The molecular weight excluding hydrogens is 236 g/mol. The van der Waals surface area contributed by atoms with E-state index in [4.69, 9.17) is 5.73 Å². The molecule has 1 aliphatic heterocycles. The van der Waals surface area contributed by atoms with Crippen LogP contribution in [-0.2, 0) is 16.6 Å². The molecular formula is C11H16N4O3. The van der Waals surface area contributed by atoms with Crippen molar-refractivity contribution < 1.29 is 14.7 Å². The molecule has 0 aromatic carbocycles. The molecule has 18 heavy (non-hydrogen) atoms. The van der Waals surface area contributed by atoms with Crippen molar-refractivity contribution in [2.75, 3.05) is 6.54 Å². The average Bonchev–Trinajstić information content (AvgIpc) is 2.95. The summed E-state index contributed by atoms with van der Waals surface area (Å²) in [5, 5.41) is 10.0. The third kappa shape index (κ3) is 2.08. The first kappa shape index (κ1) is 12.6. The van der Waals surface area contributed by atoms with Crippen LogP contribution in [0.3, 0.4) is 0 Å². The van der Waals surface area contributed by atoms with Crippen LogP contribution in [0.1, 0.15) is 24.6 Å². The number of carbonyl (C=O) groups is 2. The van der Waals surface area contributed by atoms with Crippen LogP contribution in [0.5, 0.6) is 0 Å². The lowest BCUT2D eigenvalue weighted by atomic mass is 10.2. The van der Waals surface area contributed by atoms with E-state index >= 15 is 0 Å². The maximum atomic E-state index is 12.1. The van der Waals surface area contributed by atoms with Crippen molar-refractivity contribution in [2.24, 2.45) is 12.8 Å². The first-order chi connectivity index (χ1) is 8.52. The molecule has 2 atom stereocenters. The molecule has 2 heterocycles. The molecule has 1 aliphatic rings. The normalized spacial score (nSPS) is 21.0. The van der Waals surface area contributed by atoms with Crippen LogP contribution in [0, 0.1) is 0 Å². The maximum absolute atomic E-state index is 12.1. The van der Waals surface area contributed by atoms with Crippen molar-refractivity contribution in [2.45, 2.75) is 25.0 Å². The lowest BCUT2D eigenvalue weighted by molar-refractivity contribution is -0.145. The molecule has 2 amide bonds. The van der Waals surface area contributed by atoms with Gasteiger partial charge in [0.15, 0.2) is 6.10 Å². The molecule has 1 aromatic rings. The van der Waals surface area contributed by atoms with Gasteiger partial charge in [0.1, 0.15) is 6.04 Å². The second-order valence-electron chi connectivity index (χ2n) is 4.42. The molecule has 7 nitrogen and oxygen atoms in total. The molecule has 1 fully saturated rings. The number of aliphatic hydroxyl groups excluding tert-OH is 1. The Labute approximate surface area is 104 Å². The van der Waals surface area contributed by atoms with Gasteiger partial charge in [-0.25, -0.2) is 4.98 Å². The van der Waals surface area contributed by atoms with Gasteiger partial charge in [0, 0.05) is 13.6 Å². The summed E-state index contributed by atoms with van der Waals surface area (Å²) in [6, 6.07) is -0.611. The van der Waals surface area contributed by atoms with Gasteiger partial charge in [0.2, 0.25) is 5.91 Å². The summed E-state index contributed by atoms with van der Waals surface area (Å²) in [5.74, 6) is -1.03. The number of likely N-dealkylation sites (tertiary alicyclic amines) is 1. The van der Waals surface area contributed by atoms with E-state index in [-0.39, 0.29) is 0 Å². The summed E-state index contributed by atoms with van der Waals surface area (Å²) in [4.78, 5) is 28.6. The highest BCUT2D eigenvalue weighted by molar-refractivity contribution is 5.89. The standard InChI is InChI=1S/C11H16N4O3/c1-14-6-13-5-8(14)9(16)11(18)15-4-2-3-7(15)10(12)17/h5-7,9,16H,2-4H2,1H3,(H2,12,17). The molecule has 2 rings (SSSR count). The van der Waals surface area contributed by atoms with Gasteiger partial charge in [0.25, 0.3) is 5.91 Å². The Morgan fingerprint density at radius 2 is 2.33 bits per heavy atom. The zero-order valence-corrected chi connectivity index (χ0v) is 10.1. The highest BCUT2D eigenvalue weighted by Crippen LogP contribution is 2.22. The number of carbonyl (C=O) groups excluding carboxylic acids is 2. The largest absolute Gasteiger partial charge is 0.377 e. The van der Waals surface area contributed by atoms with Crippen molar-refractivity contribution in [3.8, 4) is 0 Å². The number of primary amides is 1. The fraction of sp³-hybridized carbons (Fsp3) is 0.545. The van der Waals surface area contributed by atoms with Gasteiger partial charge in [-0.15, -0.1) is 0 Å². The lowest BCUT2D eigenvalue weighted by Crippen LogP contribution is -2.45. The summed E-state index contributed by atoms with van der Waals surface area (Å²) in [5.41, 5.74) is 5.64. The number of nitrogens with two attached hydrogens (primary N) is 1. The topological polar surface area (TPSA) is 101 Å². The summed E-state index contributed by atoms with van der Waals surface area (Å²) in [7, 11) is 1.69. The van der Waals surface area contributed by atoms with E-state index in [1.165, 1.54) is 17.4 Å².